The van der Waals surface area contributed by atoms with E-state index >= 15 is 0 Å². The molecule has 3 N–H and O–H groups in total. The Balaban J connectivity index is 1.25. The van der Waals surface area contributed by atoms with Crippen molar-refractivity contribution in [2.24, 2.45) is 24.6 Å². The number of fused-ring (bicyclic) bond motifs is 4. The monoisotopic (exact) mass is 563 g/mol. The number of methoxy groups -OCH3 is 1. The molecule has 3 unspecified atom stereocenters. The summed E-state index contributed by atoms with van der Waals surface area (Å²) < 4.78 is 10.4. The van der Waals surface area contributed by atoms with Crippen molar-refractivity contribution < 1.29 is 9.53 Å². The van der Waals surface area contributed by atoms with Crippen molar-refractivity contribution in [2.75, 3.05) is 13.7 Å². The van der Waals surface area contributed by atoms with Gasteiger partial charge < -0.3 is 24.5 Å². The second kappa shape index (κ2) is 9.19. The molecule has 1 amide bonds. The molecule has 216 valence electrons. The zero-order valence-electron chi connectivity index (χ0n) is 24.6. The standard InChI is InChI=1S/C33H37N7O2/c1-17-29(18(2)37-36-17)21-8-7-20-12-27(39(26(20)13-21)15-19-5-6-19)32-35-24-11-23(14-28(42-4)31(24)38(32)3)33(41)40-16-22-9-10-25(40)30(22)34/h7-8,11-14,19,22,25,30H,5-6,9-10,15-16,34H2,1-4H3,(H,36,37). The molecule has 4 heterocycles. The Morgan fingerprint density at radius 1 is 1.12 bits per heavy atom. The fourth-order valence-electron chi connectivity index (χ4n) is 7.59. The number of imidazole rings is 1. The second-order valence-corrected chi connectivity index (χ2v) is 12.6. The van der Waals surface area contributed by atoms with Gasteiger partial charge in [0, 0.05) is 59.9 Å². The summed E-state index contributed by atoms with van der Waals surface area (Å²) in [6.45, 7) is 5.81. The summed E-state index contributed by atoms with van der Waals surface area (Å²) in [6, 6.07) is 12.9. The van der Waals surface area contributed by atoms with Gasteiger partial charge in [-0.2, -0.15) is 5.10 Å². The third kappa shape index (κ3) is 3.75. The van der Waals surface area contributed by atoms with Gasteiger partial charge >= 0.3 is 0 Å². The average molecular weight is 564 g/mol. The Kier molecular flexibility index (Phi) is 5.60. The molecule has 5 aromatic rings. The smallest absolute Gasteiger partial charge is 0.254 e. The van der Waals surface area contributed by atoms with E-state index in [1.54, 1.807) is 7.11 Å². The van der Waals surface area contributed by atoms with Crippen molar-refractivity contribution in [1.82, 2.24) is 29.2 Å². The van der Waals surface area contributed by atoms with Crippen molar-refractivity contribution >= 4 is 27.8 Å². The molecule has 8 rings (SSSR count). The number of nitrogens with zero attached hydrogens (tertiary/aromatic N) is 5. The van der Waals surface area contributed by atoms with Gasteiger partial charge in [0.05, 0.1) is 24.0 Å². The van der Waals surface area contributed by atoms with Crippen LogP contribution in [0.3, 0.4) is 0 Å². The number of aromatic nitrogens is 5. The van der Waals surface area contributed by atoms with E-state index in [1.807, 2.05) is 31.0 Å². The van der Waals surface area contributed by atoms with Crippen molar-refractivity contribution in [3.05, 3.63) is 53.3 Å². The van der Waals surface area contributed by atoms with E-state index in [2.05, 4.69) is 50.5 Å². The Morgan fingerprint density at radius 3 is 2.62 bits per heavy atom. The minimum atomic E-state index is 0.0188. The molecule has 2 saturated carbocycles. The molecule has 0 spiro atoms. The van der Waals surface area contributed by atoms with Gasteiger partial charge in [-0.3, -0.25) is 9.89 Å². The van der Waals surface area contributed by atoms with E-state index in [0.717, 1.165) is 71.0 Å². The highest BCUT2D eigenvalue weighted by molar-refractivity contribution is 6.00. The summed E-state index contributed by atoms with van der Waals surface area (Å²) >= 11 is 0. The summed E-state index contributed by atoms with van der Waals surface area (Å²) in [5, 5.41) is 8.74. The molecule has 42 heavy (non-hydrogen) atoms. The van der Waals surface area contributed by atoms with Crippen molar-refractivity contribution in [3.63, 3.8) is 0 Å². The molecule has 3 aromatic heterocycles. The number of aryl methyl sites for hydroxylation is 3. The van der Waals surface area contributed by atoms with Gasteiger partial charge in [0.15, 0.2) is 5.82 Å². The minimum Gasteiger partial charge on any atom is -0.494 e. The lowest BCUT2D eigenvalue weighted by Gasteiger charge is -2.27. The highest BCUT2D eigenvalue weighted by Crippen LogP contribution is 2.41. The maximum atomic E-state index is 13.7. The number of H-pyrrole nitrogens is 1. The first-order chi connectivity index (χ1) is 20.3. The average Bonchev–Trinajstić information content (AvgIpc) is 3.17. The normalized spacial score (nSPS) is 21.7. The van der Waals surface area contributed by atoms with Gasteiger partial charge in [-0.1, -0.05) is 12.1 Å². The van der Waals surface area contributed by atoms with Crippen LogP contribution in [-0.2, 0) is 13.6 Å². The molecule has 9 nitrogen and oxygen atoms in total. The first-order valence-corrected chi connectivity index (χ1v) is 15.1. The van der Waals surface area contributed by atoms with E-state index in [4.69, 9.17) is 15.5 Å². The first kappa shape index (κ1) is 25.6. The summed E-state index contributed by atoms with van der Waals surface area (Å²) in [4.78, 5) is 20.8. The Morgan fingerprint density at radius 2 is 1.95 bits per heavy atom. The molecule has 3 atom stereocenters. The maximum Gasteiger partial charge on any atom is 0.254 e. The number of likely N-dealkylation sites (tertiary alicyclic amines) is 1. The number of aromatic amines is 1. The van der Waals surface area contributed by atoms with Crippen molar-refractivity contribution in [3.8, 4) is 28.4 Å². The number of nitrogens with one attached hydrogen (secondary N) is 1. The molecule has 2 aromatic carbocycles. The quantitative estimate of drug-likeness (QED) is 0.296. The number of hydrogen-bond donors (Lipinski definition) is 2. The summed E-state index contributed by atoms with van der Waals surface area (Å²) in [6.07, 6.45) is 4.60. The third-order valence-corrected chi connectivity index (χ3v) is 10.0. The van der Waals surface area contributed by atoms with Crippen LogP contribution in [-0.4, -0.2) is 60.9 Å². The Hall–Kier alpha value is -4.11. The number of carbonyl (C=O) groups excluding carboxylic acids is 1. The highest BCUT2D eigenvalue weighted by Gasteiger charge is 2.47. The largest absolute Gasteiger partial charge is 0.494 e. The fraction of sp³-hybridized carbons (Fsp3) is 0.424. The highest BCUT2D eigenvalue weighted by atomic mass is 16.5. The van der Waals surface area contributed by atoms with Crippen LogP contribution >= 0.6 is 0 Å². The third-order valence-electron chi connectivity index (χ3n) is 10.0. The van der Waals surface area contributed by atoms with Crippen LogP contribution < -0.4 is 10.5 Å². The van der Waals surface area contributed by atoms with E-state index in [9.17, 15) is 4.79 Å². The van der Waals surface area contributed by atoms with E-state index < -0.39 is 0 Å². The van der Waals surface area contributed by atoms with Gasteiger partial charge in [0.2, 0.25) is 0 Å². The number of piperidine rings is 1. The van der Waals surface area contributed by atoms with Crippen molar-refractivity contribution in [2.45, 2.75) is 58.2 Å². The van der Waals surface area contributed by atoms with Gasteiger partial charge in [0.1, 0.15) is 11.3 Å². The topological polar surface area (TPSA) is 107 Å². The number of nitrogens with two attached hydrogens (primary N) is 1. The lowest BCUT2D eigenvalue weighted by atomic mass is 10.0. The zero-order valence-corrected chi connectivity index (χ0v) is 24.6. The molecule has 0 radical (unpaired) electrons. The van der Waals surface area contributed by atoms with Gasteiger partial charge in [-0.05, 0) is 81.2 Å². The lowest BCUT2D eigenvalue weighted by Crippen LogP contribution is -2.41. The zero-order chi connectivity index (χ0) is 28.9. The van der Waals surface area contributed by atoms with E-state index in [0.29, 0.717) is 23.1 Å². The second-order valence-electron chi connectivity index (χ2n) is 12.6. The SMILES string of the molecule is COc1cc(C(=O)N2CC3CCC2C3N)cc2nc(-c3cc4ccc(-c5c(C)n[nH]c5C)cc4n3CC3CC3)n(C)c12. The molecule has 9 heteroatoms. The predicted molar refractivity (Wildman–Crippen MR) is 164 cm³/mol. The molecular weight excluding hydrogens is 526 g/mol. The summed E-state index contributed by atoms with van der Waals surface area (Å²) in [5.41, 5.74) is 15.4. The lowest BCUT2D eigenvalue weighted by molar-refractivity contribution is 0.0700. The predicted octanol–water partition coefficient (Wildman–Crippen LogP) is 5.18. The van der Waals surface area contributed by atoms with E-state index in [-0.39, 0.29) is 18.0 Å². The number of carbonyl (C=O) groups is 1. The number of hydrogen-bond acceptors (Lipinski definition) is 5. The number of rotatable bonds is 6. The Labute approximate surface area is 244 Å². The summed E-state index contributed by atoms with van der Waals surface area (Å²) in [7, 11) is 3.70. The number of ether oxygens (including phenoxy) is 1. The molecule has 3 aliphatic rings. The van der Waals surface area contributed by atoms with Crippen LogP contribution in [0, 0.1) is 25.7 Å². The Bertz CT molecular complexity index is 1870. The fourth-order valence-corrected chi connectivity index (χ4v) is 7.59. The van der Waals surface area contributed by atoms with Crippen LogP contribution in [0.2, 0.25) is 0 Å². The molecule has 3 fully saturated rings. The molecule has 2 bridgehead atoms. The number of amides is 1. The molecule has 1 saturated heterocycles. The van der Waals surface area contributed by atoms with Gasteiger partial charge in [0.25, 0.3) is 5.91 Å². The molecular formula is C33H37N7O2. The first-order valence-electron chi connectivity index (χ1n) is 15.1. The van der Waals surface area contributed by atoms with E-state index in [1.165, 1.54) is 23.7 Å². The van der Waals surface area contributed by atoms with Gasteiger partial charge in [-0.15, -0.1) is 0 Å². The molecule has 2 aliphatic carbocycles. The summed E-state index contributed by atoms with van der Waals surface area (Å²) in [5.74, 6) is 2.62. The van der Waals surface area contributed by atoms with Gasteiger partial charge in [-0.25, -0.2) is 4.98 Å². The van der Waals surface area contributed by atoms with Crippen LogP contribution in [0.1, 0.15) is 47.4 Å². The number of benzene rings is 2. The minimum absolute atomic E-state index is 0.0188. The van der Waals surface area contributed by atoms with Crippen molar-refractivity contribution in [1.29, 1.82) is 0 Å². The van der Waals surface area contributed by atoms with Crippen LogP contribution in [0.4, 0.5) is 0 Å². The van der Waals surface area contributed by atoms with Crippen LogP contribution in [0.25, 0.3) is 44.6 Å². The maximum absolute atomic E-state index is 13.7. The molecule has 1 aliphatic heterocycles. The van der Waals surface area contributed by atoms with Crippen LogP contribution in [0.15, 0.2) is 36.4 Å². The van der Waals surface area contributed by atoms with Crippen LogP contribution in [0.5, 0.6) is 5.75 Å².